The minimum Gasteiger partial charge on any atom is -0.484 e. The minimum atomic E-state index is -0.319. The number of hydrogen-bond acceptors (Lipinski definition) is 4. The Morgan fingerprint density at radius 1 is 1.23 bits per heavy atom. The highest BCUT2D eigenvalue weighted by molar-refractivity contribution is 5.79. The van der Waals surface area contributed by atoms with E-state index < -0.39 is 0 Å². The molecule has 0 saturated carbocycles. The number of aryl methyl sites for hydroxylation is 1. The molecule has 5 nitrogen and oxygen atoms in total. The second-order valence-corrected chi connectivity index (χ2v) is 5.27. The standard InChI is InChI=1S/C17H25NO4/c1-5-14(3)18(11-10-17(20)21-4)16(19)12-22-15-8-6-13(2)7-9-15/h6-9,14H,5,10-12H2,1-4H3. The first-order valence-electron chi connectivity index (χ1n) is 7.53. The van der Waals surface area contributed by atoms with E-state index in [2.05, 4.69) is 4.74 Å². The summed E-state index contributed by atoms with van der Waals surface area (Å²) >= 11 is 0. The van der Waals surface area contributed by atoms with Crippen molar-refractivity contribution in [1.82, 2.24) is 4.90 Å². The molecule has 1 aromatic carbocycles. The van der Waals surface area contributed by atoms with E-state index in [-0.39, 0.29) is 30.9 Å². The van der Waals surface area contributed by atoms with Crippen molar-refractivity contribution < 1.29 is 19.1 Å². The lowest BCUT2D eigenvalue weighted by Gasteiger charge is -2.28. The first-order chi connectivity index (χ1) is 10.5. The Morgan fingerprint density at radius 3 is 2.41 bits per heavy atom. The van der Waals surface area contributed by atoms with Crippen LogP contribution >= 0.6 is 0 Å². The lowest BCUT2D eigenvalue weighted by Crippen LogP contribution is -2.42. The van der Waals surface area contributed by atoms with Crippen LogP contribution in [-0.2, 0) is 14.3 Å². The fourth-order valence-electron chi connectivity index (χ4n) is 1.99. The molecule has 1 atom stereocenters. The number of amides is 1. The predicted molar refractivity (Wildman–Crippen MR) is 84.8 cm³/mol. The molecule has 1 rings (SSSR count). The van der Waals surface area contributed by atoms with E-state index in [1.807, 2.05) is 45.0 Å². The zero-order valence-corrected chi connectivity index (χ0v) is 13.8. The molecule has 0 aliphatic heterocycles. The van der Waals surface area contributed by atoms with Crippen LogP contribution in [0.5, 0.6) is 5.75 Å². The number of nitrogens with zero attached hydrogens (tertiary/aromatic N) is 1. The van der Waals surface area contributed by atoms with Crippen LogP contribution in [0, 0.1) is 6.92 Å². The smallest absolute Gasteiger partial charge is 0.307 e. The predicted octanol–water partition coefficient (Wildman–Crippen LogP) is 2.56. The fourth-order valence-corrected chi connectivity index (χ4v) is 1.99. The summed E-state index contributed by atoms with van der Waals surface area (Å²) in [6.45, 7) is 6.27. The van der Waals surface area contributed by atoms with Gasteiger partial charge in [0.05, 0.1) is 13.5 Å². The van der Waals surface area contributed by atoms with Crippen LogP contribution < -0.4 is 4.74 Å². The lowest BCUT2D eigenvalue weighted by atomic mass is 10.2. The maximum Gasteiger partial charge on any atom is 0.307 e. The van der Waals surface area contributed by atoms with Crippen LogP contribution in [0.15, 0.2) is 24.3 Å². The summed E-state index contributed by atoms with van der Waals surface area (Å²) in [6.07, 6.45) is 1.01. The third-order valence-corrected chi connectivity index (χ3v) is 3.61. The lowest BCUT2D eigenvalue weighted by molar-refractivity contribution is -0.142. The van der Waals surface area contributed by atoms with Crippen molar-refractivity contribution in [3.63, 3.8) is 0 Å². The largest absolute Gasteiger partial charge is 0.484 e. The second-order valence-electron chi connectivity index (χ2n) is 5.27. The third-order valence-electron chi connectivity index (χ3n) is 3.61. The zero-order valence-electron chi connectivity index (χ0n) is 13.8. The number of esters is 1. The molecule has 1 aromatic rings. The van der Waals surface area contributed by atoms with Gasteiger partial charge >= 0.3 is 5.97 Å². The minimum absolute atomic E-state index is 0.0332. The average molecular weight is 307 g/mol. The molecule has 0 bridgehead atoms. The topological polar surface area (TPSA) is 55.8 Å². The average Bonchev–Trinajstić information content (AvgIpc) is 2.53. The zero-order chi connectivity index (χ0) is 16.5. The maximum atomic E-state index is 12.3. The van der Waals surface area contributed by atoms with Gasteiger partial charge in [0.1, 0.15) is 5.75 Å². The summed E-state index contributed by atoms with van der Waals surface area (Å²) in [7, 11) is 1.35. The Hall–Kier alpha value is -2.04. The van der Waals surface area contributed by atoms with Gasteiger partial charge in [0, 0.05) is 12.6 Å². The summed E-state index contributed by atoms with van der Waals surface area (Å²) < 4.78 is 10.2. The Morgan fingerprint density at radius 2 is 1.86 bits per heavy atom. The maximum absolute atomic E-state index is 12.3. The molecule has 0 spiro atoms. The van der Waals surface area contributed by atoms with Gasteiger partial charge in [-0.25, -0.2) is 0 Å². The molecule has 1 unspecified atom stereocenters. The number of hydrogen-bond donors (Lipinski definition) is 0. The molecule has 0 radical (unpaired) electrons. The van der Waals surface area contributed by atoms with Crippen molar-refractivity contribution in [3.8, 4) is 5.75 Å². The van der Waals surface area contributed by atoms with E-state index in [1.165, 1.54) is 7.11 Å². The molecule has 0 N–H and O–H groups in total. The third kappa shape index (κ3) is 5.76. The van der Waals surface area contributed by atoms with Gasteiger partial charge in [0.25, 0.3) is 5.91 Å². The van der Waals surface area contributed by atoms with E-state index in [0.717, 1.165) is 12.0 Å². The van der Waals surface area contributed by atoms with E-state index >= 15 is 0 Å². The monoisotopic (exact) mass is 307 g/mol. The summed E-state index contributed by atoms with van der Waals surface area (Å²) in [6, 6.07) is 7.60. The van der Waals surface area contributed by atoms with Gasteiger partial charge < -0.3 is 14.4 Å². The summed E-state index contributed by atoms with van der Waals surface area (Å²) in [4.78, 5) is 25.3. The van der Waals surface area contributed by atoms with Crippen LogP contribution in [0.4, 0.5) is 0 Å². The van der Waals surface area contributed by atoms with Crippen molar-refractivity contribution in [2.24, 2.45) is 0 Å². The summed E-state index contributed by atoms with van der Waals surface area (Å²) in [5.74, 6) is 0.218. The van der Waals surface area contributed by atoms with Crippen LogP contribution in [0.1, 0.15) is 32.3 Å². The number of methoxy groups -OCH3 is 1. The van der Waals surface area contributed by atoms with Crippen LogP contribution in [0.2, 0.25) is 0 Å². The number of carbonyl (C=O) groups excluding carboxylic acids is 2. The second kappa shape index (κ2) is 9.07. The SMILES string of the molecule is CCC(C)N(CCC(=O)OC)C(=O)COc1ccc(C)cc1. The van der Waals surface area contributed by atoms with E-state index in [1.54, 1.807) is 4.90 Å². The van der Waals surface area contributed by atoms with Crippen molar-refractivity contribution in [2.75, 3.05) is 20.3 Å². The van der Waals surface area contributed by atoms with Gasteiger partial charge in [-0.3, -0.25) is 9.59 Å². The summed E-state index contributed by atoms with van der Waals surface area (Å²) in [5, 5.41) is 0. The molecule has 0 aliphatic rings. The van der Waals surface area contributed by atoms with Crippen LogP contribution in [0.3, 0.4) is 0 Å². The van der Waals surface area contributed by atoms with Crippen molar-refractivity contribution >= 4 is 11.9 Å². The van der Waals surface area contributed by atoms with E-state index in [0.29, 0.717) is 12.3 Å². The Labute approximate surface area is 132 Å². The van der Waals surface area contributed by atoms with Gasteiger partial charge in [-0.05, 0) is 32.4 Å². The molecule has 0 aliphatic carbocycles. The molecule has 122 valence electrons. The van der Waals surface area contributed by atoms with Crippen LogP contribution in [0.25, 0.3) is 0 Å². The Balaban J connectivity index is 2.58. The van der Waals surface area contributed by atoms with Crippen molar-refractivity contribution in [3.05, 3.63) is 29.8 Å². The van der Waals surface area contributed by atoms with Gasteiger partial charge in [-0.1, -0.05) is 24.6 Å². The molecule has 22 heavy (non-hydrogen) atoms. The van der Waals surface area contributed by atoms with Gasteiger partial charge in [-0.15, -0.1) is 0 Å². The summed E-state index contributed by atoms with van der Waals surface area (Å²) in [5.41, 5.74) is 1.14. The molecular formula is C17H25NO4. The molecular weight excluding hydrogens is 282 g/mol. The number of benzene rings is 1. The van der Waals surface area contributed by atoms with Gasteiger partial charge in [-0.2, -0.15) is 0 Å². The Bertz CT molecular complexity index is 484. The number of rotatable bonds is 8. The van der Waals surface area contributed by atoms with Gasteiger partial charge in [0.2, 0.25) is 0 Å². The quantitative estimate of drug-likeness (QED) is 0.693. The van der Waals surface area contributed by atoms with Crippen molar-refractivity contribution in [1.29, 1.82) is 0 Å². The molecule has 0 aromatic heterocycles. The molecule has 0 saturated heterocycles. The molecule has 0 heterocycles. The molecule has 5 heteroatoms. The number of ether oxygens (including phenoxy) is 2. The van der Waals surface area contributed by atoms with Gasteiger partial charge in [0.15, 0.2) is 6.61 Å². The molecule has 0 fully saturated rings. The first-order valence-corrected chi connectivity index (χ1v) is 7.53. The highest BCUT2D eigenvalue weighted by atomic mass is 16.5. The van der Waals surface area contributed by atoms with Crippen molar-refractivity contribution in [2.45, 2.75) is 39.7 Å². The van der Waals surface area contributed by atoms with E-state index in [4.69, 9.17) is 4.74 Å². The Kier molecular flexibility index (Phi) is 7.43. The molecule has 1 amide bonds. The highest BCUT2D eigenvalue weighted by Crippen LogP contribution is 2.12. The van der Waals surface area contributed by atoms with Crippen LogP contribution in [-0.4, -0.2) is 43.1 Å². The first kappa shape index (κ1) is 18.0. The fraction of sp³-hybridized carbons (Fsp3) is 0.529. The van der Waals surface area contributed by atoms with E-state index in [9.17, 15) is 9.59 Å². The highest BCUT2D eigenvalue weighted by Gasteiger charge is 2.20. The number of carbonyl (C=O) groups is 2. The normalized spacial score (nSPS) is 11.6.